The molecule has 0 aliphatic carbocycles. The summed E-state index contributed by atoms with van der Waals surface area (Å²) in [7, 11) is 2.18. The molecule has 2 nitrogen and oxygen atoms in total. The van der Waals surface area contributed by atoms with Crippen LogP contribution in [0.1, 0.15) is 18.1 Å². The molecule has 0 saturated heterocycles. The van der Waals surface area contributed by atoms with Gasteiger partial charge in [0, 0.05) is 19.6 Å². The second-order valence-electron chi connectivity index (χ2n) is 4.24. The van der Waals surface area contributed by atoms with Crippen LogP contribution in [0.25, 0.3) is 0 Å². The van der Waals surface area contributed by atoms with Crippen LogP contribution in [-0.2, 0) is 0 Å². The fourth-order valence-electron chi connectivity index (χ4n) is 2.01. The van der Waals surface area contributed by atoms with E-state index in [2.05, 4.69) is 50.2 Å². The van der Waals surface area contributed by atoms with Gasteiger partial charge < -0.3 is 10.2 Å². The van der Waals surface area contributed by atoms with Gasteiger partial charge in [0.2, 0.25) is 0 Å². The average molecular weight is 190 g/mol. The van der Waals surface area contributed by atoms with E-state index < -0.39 is 0 Å². The predicted molar refractivity (Wildman–Crippen MR) is 62.3 cm³/mol. The van der Waals surface area contributed by atoms with Crippen molar-refractivity contribution in [1.82, 2.24) is 0 Å². The zero-order valence-electron chi connectivity index (χ0n) is 9.39. The average Bonchev–Trinajstić information content (AvgIpc) is 2.17. The van der Waals surface area contributed by atoms with Crippen LogP contribution >= 0.6 is 0 Å². The molecule has 0 fully saturated rings. The predicted octanol–water partition coefficient (Wildman–Crippen LogP) is 2.55. The van der Waals surface area contributed by atoms with Crippen molar-refractivity contribution in [3.8, 4) is 0 Å². The lowest BCUT2D eigenvalue weighted by Crippen LogP contribution is -2.39. The summed E-state index contributed by atoms with van der Waals surface area (Å²) in [4.78, 5) is 2.37. The Morgan fingerprint density at radius 2 is 2.07 bits per heavy atom. The Hall–Kier alpha value is -1.18. The number of rotatable bonds is 0. The van der Waals surface area contributed by atoms with Gasteiger partial charge in [0.05, 0.1) is 11.4 Å². The summed E-state index contributed by atoms with van der Waals surface area (Å²) in [6, 6.07) is 4.94. The number of hydrogen-bond donors (Lipinski definition) is 1. The second-order valence-corrected chi connectivity index (χ2v) is 4.24. The molecular formula is C12H18N2. The largest absolute Gasteiger partial charge is 0.381 e. The van der Waals surface area contributed by atoms with Crippen LogP contribution in [0.15, 0.2) is 12.1 Å². The molecule has 1 aromatic rings. The van der Waals surface area contributed by atoms with Gasteiger partial charge in [-0.15, -0.1) is 0 Å². The van der Waals surface area contributed by atoms with Gasteiger partial charge in [-0.1, -0.05) is 6.07 Å². The normalized spacial score (nSPS) is 20.3. The van der Waals surface area contributed by atoms with E-state index in [-0.39, 0.29) is 0 Å². The van der Waals surface area contributed by atoms with Crippen molar-refractivity contribution in [2.45, 2.75) is 26.8 Å². The Labute approximate surface area is 85.9 Å². The summed E-state index contributed by atoms with van der Waals surface area (Å²) in [5.74, 6) is 0. The fourth-order valence-corrected chi connectivity index (χ4v) is 2.01. The minimum absolute atomic E-state index is 0.572. The molecule has 0 aromatic heterocycles. The first kappa shape index (κ1) is 9.38. The SMILES string of the molecule is Cc1ccc2c(c1C)N(C)C(C)CN2. The maximum absolute atomic E-state index is 3.47. The van der Waals surface area contributed by atoms with Crippen molar-refractivity contribution in [1.29, 1.82) is 0 Å². The standard InChI is InChI=1S/C12H18N2/c1-8-5-6-11-12(10(8)3)14(4)9(2)7-13-11/h5-6,9,13H,7H2,1-4H3. The molecule has 1 heterocycles. The second kappa shape index (κ2) is 3.19. The molecule has 0 spiro atoms. The lowest BCUT2D eigenvalue weighted by atomic mass is 10.0. The lowest BCUT2D eigenvalue weighted by Gasteiger charge is -2.36. The molecule has 2 rings (SSSR count). The minimum atomic E-state index is 0.572. The van der Waals surface area contributed by atoms with Gasteiger partial charge in [-0.2, -0.15) is 0 Å². The number of hydrogen-bond acceptors (Lipinski definition) is 2. The molecule has 0 radical (unpaired) electrons. The van der Waals surface area contributed by atoms with Crippen LogP contribution in [0.4, 0.5) is 11.4 Å². The Balaban J connectivity index is 2.56. The number of anilines is 2. The van der Waals surface area contributed by atoms with Crippen molar-refractivity contribution in [3.63, 3.8) is 0 Å². The summed E-state index contributed by atoms with van der Waals surface area (Å²) >= 11 is 0. The number of benzene rings is 1. The number of fused-ring (bicyclic) bond motifs is 1. The molecule has 1 aromatic carbocycles. The Bertz CT molecular complexity index is 358. The number of nitrogens with zero attached hydrogens (tertiary/aromatic N) is 1. The van der Waals surface area contributed by atoms with Crippen LogP contribution in [0.3, 0.4) is 0 Å². The molecule has 2 heteroatoms. The van der Waals surface area contributed by atoms with Crippen LogP contribution in [0, 0.1) is 13.8 Å². The first-order valence-electron chi connectivity index (χ1n) is 5.18. The van der Waals surface area contributed by atoms with Crippen molar-refractivity contribution >= 4 is 11.4 Å². The van der Waals surface area contributed by atoms with E-state index >= 15 is 0 Å². The highest BCUT2D eigenvalue weighted by molar-refractivity contribution is 5.77. The summed E-state index contributed by atoms with van der Waals surface area (Å²) in [5.41, 5.74) is 5.40. The van der Waals surface area contributed by atoms with Crippen LogP contribution in [0.2, 0.25) is 0 Å². The molecule has 1 unspecified atom stereocenters. The highest BCUT2D eigenvalue weighted by Crippen LogP contribution is 2.34. The molecule has 1 atom stereocenters. The van der Waals surface area contributed by atoms with Gasteiger partial charge >= 0.3 is 0 Å². The molecule has 14 heavy (non-hydrogen) atoms. The smallest absolute Gasteiger partial charge is 0.0634 e. The summed E-state index contributed by atoms with van der Waals surface area (Å²) in [6.07, 6.45) is 0. The number of likely N-dealkylation sites (N-methyl/N-ethyl adjacent to an activating group) is 1. The van der Waals surface area contributed by atoms with Crippen molar-refractivity contribution in [2.75, 3.05) is 23.8 Å². The molecular weight excluding hydrogens is 172 g/mol. The van der Waals surface area contributed by atoms with E-state index in [0.29, 0.717) is 6.04 Å². The quantitative estimate of drug-likeness (QED) is 0.676. The van der Waals surface area contributed by atoms with E-state index in [9.17, 15) is 0 Å². The van der Waals surface area contributed by atoms with Gasteiger partial charge in [-0.05, 0) is 38.0 Å². The van der Waals surface area contributed by atoms with E-state index in [1.54, 1.807) is 0 Å². The van der Waals surface area contributed by atoms with Crippen molar-refractivity contribution < 1.29 is 0 Å². The summed E-state index contributed by atoms with van der Waals surface area (Å²) < 4.78 is 0. The molecule has 1 N–H and O–H groups in total. The highest BCUT2D eigenvalue weighted by atomic mass is 15.2. The van der Waals surface area contributed by atoms with Gasteiger partial charge in [-0.3, -0.25) is 0 Å². The fraction of sp³-hybridized carbons (Fsp3) is 0.500. The maximum atomic E-state index is 3.47. The van der Waals surface area contributed by atoms with Gasteiger partial charge in [0.1, 0.15) is 0 Å². The molecule has 76 valence electrons. The third-order valence-electron chi connectivity index (χ3n) is 3.30. The Morgan fingerprint density at radius 3 is 2.79 bits per heavy atom. The van der Waals surface area contributed by atoms with E-state index in [1.165, 1.54) is 22.5 Å². The monoisotopic (exact) mass is 190 g/mol. The van der Waals surface area contributed by atoms with Crippen molar-refractivity contribution in [3.05, 3.63) is 23.3 Å². The van der Waals surface area contributed by atoms with E-state index in [0.717, 1.165) is 6.54 Å². The maximum Gasteiger partial charge on any atom is 0.0634 e. The molecule has 0 saturated carbocycles. The first-order valence-corrected chi connectivity index (χ1v) is 5.18. The number of aryl methyl sites for hydroxylation is 1. The number of nitrogens with one attached hydrogen (secondary N) is 1. The van der Waals surface area contributed by atoms with Gasteiger partial charge in [-0.25, -0.2) is 0 Å². The zero-order valence-corrected chi connectivity index (χ0v) is 9.39. The molecule has 1 aliphatic heterocycles. The van der Waals surface area contributed by atoms with Gasteiger partial charge in [0.15, 0.2) is 0 Å². The minimum Gasteiger partial charge on any atom is -0.381 e. The van der Waals surface area contributed by atoms with E-state index in [4.69, 9.17) is 0 Å². The highest BCUT2D eigenvalue weighted by Gasteiger charge is 2.21. The summed E-state index contributed by atoms with van der Waals surface area (Å²) in [5, 5.41) is 3.47. The van der Waals surface area contributed by atoms with Crippen molar-refractivity contribution in [2.24, 2.45) is 0 Å². The van der Waals surface area contributed by atoms with Crippen LogP contribution in [0.5, 0.6) is 0 Å². The zero-order chi connectivity index (χ0) is 10.3. The Kier molecular flexibility index (Phi) is 2.14. The topological polar surface area (TPSA) is 15.3 Å². The Morgan fingerprint density at radius 1 is 1.36 bits per heavy atom. The third-order valence-corrected chi connectivity index (χ3v) is 3.30. The molecule has 0 amide bonds. The molecule has 0 bridgehead atoms. The first-order chi connectivity index (χ1) is 6.61. The van der Waals surface area contributed by atoms with Gasteiger partial charge in [0.25, 0.3) is 0 Å². The van der Waals surface area contributed by atoms with E-state index in [1.807, 2.05) is 0 Å². The van der Waals surface area contributed by atoms with Crippen LogP contribution in [-0.4, -0.2) is 19.6 Å². The summed E-state index contributed by atoms with van der Waals surface area (Å²) in [6.45, 7) is 7.65. The third kappa shape index (κ3) is 1.26. The molecule has 1 aliphatic rings. The lowest BCUT2D eigenvalue weighted by molar-refractivity contribution is 0.697. The van der Waals surface area contributed by atoms with Crippen LogP contribution < -0.4 is 10.2 Å².